The van der Waals surface area contributed by atoms with Gasteiger partial charge in [-0.3, -0.25) is 9.59 Å². The second-order valence-corrected chi connectivity index (χ2v) is 6.07. The summed E-state index contributed by atoms with van der Waals surface area (Å²) in [5, 5.41) is 14.8. The van der Waals surface area contributed by atoms with Crippen molar-refractivity contribution in [1.29, 1.82) is 0 Å². The molecule has 2 amide bonds. The maximum absolute atomic E-state index is 12.5. The summed E-state index contributed by atoms with van der Waals surface area (Å²) >= 11 is 0. The summed E-state index contributed by atoms with van der Waals surface area (Å²) in [5.41, 5.74) is 1.47. The Bertz CT molecular complexity index is 813. The Hall–Kier alpha value is -2.87. The molecule has 0 aromatic heterocycles. The Morgan fingerprint density at radius 1 is 1.00 bits per heavy atom. The van der Waals surface area contributed by atoms with Crippen molar-refractivity contribution >= 4 is 17.5 Å². The molecule has 5 nitrogen and oxygen atoms in total. The fourth-order valence-corrected chi connectivity index (χ4v) is 2.46. The van der Waals surface area contributed by atoms with Gasteiger partial charge in [0.25, 0.3) is 0 Å². The molecule has 0 aliphatic carbocycles. The average Bonchev–Trinajstić information content (AvgIpc) is 2.61. The molecule has 2 aromatic carbocycles. The normalized spacial score (nSPS) is 12.4. The monoisotopic (exact) mass is 380 g/mol. The Morgan fingerprint density at radius 3 is 2.07 bits per heavy atom. The highest BCUT2D eigenvalue weighted by Gasteiger charge is 2.30. The van der Waals surface area contributed by atoms with Crippen LogP contribution < -0.4 is 10.6 Å². The Morgan fingerprint density at radius 2 is 1.56 bits per heavy atom. The number of anilines is 1. The maximum Gasteiger partial charge on any atom is 0.416 e. The quantitative estimate of drug-likeness (QED) is 0.714. The van der Waals surface area contributed by atoms with Crippen LogP contribution in [0.4, 0.5) is 18.9 Å². The van der Waals surface area contributed by atoms with Crippen LogP contribution >= 0.6 is 0 Å². The van der Waals surface area contributed by atoms with Gasteiger partial charge < -0.3 is 15.7 Å². The standard InChI is InChI=1S/C19H19F3N2O3/c1-11-4-3-5-12(2)16(11)24-18(27)17(26)23-10-15(25)13-6-8-14(9-7-13)19(20,21)22/h3-9,15,25H,10H2,1-2H3,(H,23,26)(H,24,27). The number of nitrogens with one attached hydrogen (secondary N) is 2. The van der Waals surface area contributed by atoms with Crippen molar-refractivity contribution in [2.75, 3.05) is 11.9 Å². The number of carbonyl (C=O) groups is 2. The number of aliphatic hydroxyl groups excluding tert-OH is 1. The molecule has 1 unspecified atom stereocenters. The molecule has 0 aliphatic rings. The number of rotatable bonds is 4. The van der Waals surface area contributed by atoms with E-state index in [1.54, 1.807) is 26.0 Å². The smallest absolute Gasteiger partial charge is 0.387 e. The van der Waals surface area contributed by atoms with Gasteiger partial charge in [0, 0.05) is 12.2 Å². The summed E-state index contributed by atoms with van der Waals surface area (Å²) in [4.78, 5) is 23.9. The molecule has 0 bridgehead atoms. The number of hydrogen-bond acceptors (Lipinski definition) is 3. The zero-order valence-corrected chi connectivity index (χ0v) is 14.7. The van der Waals surface area contributed by atoms with E-state index in [1.165, 1.54) is 0 Å². The van der Waals surface area contributed by atoms with E-state index in [9.17, 15) is 27.9 Å². The third-order valence-electron chi connectivity index (χ3n) is 4.00. The summed E-state index contributed by atoms with van der Waals surface area (Å²) in [6.45, 7) is 3.26. The van der Waals surface area contributed by atoms with E-state index in [4.69, 9.17) is 0 Å². The van der Waals surface area contributed by atoms with E-state index < -0.39 is 29.7 Å². The fraction of sp³-hybridized carbons (Fsp3) is 0.263. The molecule has 27 heavy (non-hydrogen) atoms. The predicted molar refractivity (Wildman–Crippen MR) is 94.0 cm³/mol. The van der Waals surface area contributed by atoms with E-state index >= 15 is 0 Å². The topological polar surface area (TPSA) is 78.4 Å². The van der Waals surface area contributed by atoms with E-state index in [1.807, 2.05) is 6.07 Å². The molecule has 0 aliphatic heterocycles. The minimum Gasteiger partial charge on any atom is -0.387 e. The summed E-state index contributed by atoms with van der Waals surface area (Å²) in [7, 11) is 0. The molecule has 144 valence electrons. The lowest BCUT2D eigenvalue weighted by Crippen LogP contribution is -2.37. The second-order valence-electron chi connectivity index (χ2n) is 6.07. The minimum atomic E-state index is -4.47. The second kappa shape index (κ2) is 8.22. The molecule has 0 saturated heterocycles. The van der Waals surface area contributed by atoms with Gasteiger partial charge in [-0.05, 0) is 42.7 Å². The van der Waals surface area contributed by atoms with Gasteiger partial charge in [-0.1, -0.05) is 30.3 Å². The van der Waals surface area contributed by atoms with Gasteiger partial charge in [0.15, 0.2) is 0 Å². The largest absolute Gasteiger partial charge is 0.416 e. The number of hydrogen-bond donors (Lipinski definition) is 3. The highest BCUT2D eigenvalue weighted by atomic mass is 19.4. The SMILES string of the molecule is Cc1cccc(C)c1NC(=O)C(=O)NCC(O)c1ccc(C(F)(F)F)cc1. The number of aliphatic hydroxyl groups is 1. The lowest BCUT2D eigenvalue weighted by molar-refractivity contribution is -0.137. The van der Waals surface area contributed by atoms with E-state index in [0.717, 1.165) is 35.4 Å². The van der Waals surface area contributed by atoms with Crippen LogP contribution in [-0.2, 0) is 15.8 Å². The van der Waals surface area contributed by atoms with Crippen molar-refractivity contribution in [1.82, 2.24) is 5.32 Å². The van der Waals surface area contributed by atoms with Crippen molar-refractivity contribution < 1.29 is 27.9 Å². The number of benzene rings is 2. The Labute approximate surface area is 154 Å². The van der Waals surface area contributed by atoms with Gasteiger partial charge in [0.05, 0.1) is 11.7 Å². The van der Waals surface area contributed by atoms with Crippen molar-refractivity contribution in [2.45, 2.75) is 26.1 Å². The van der Waals surface area contributed by atoms with Crippen molar-refractivity contribution in [2.24, 2.45) is 0 Å². The molecule has 1 atom stereocenters. The number of para-hydroxylation sites is 1. The molecule has 2 rings (SSSR count). The van der Waals surface area contributed by atoms with Crippen molar-refractivity contribution in [3.63, 3.8) is 0 Å². The highest BCUT2D eigenvalue weighted by Crippen LogP contribution is 2.29. The fourth-order valence-electron chi connectivity index (χ4n) is 2.46. The zero-order chi connectivity index (χ0) is 20.2. The number of amides is 2. The molecule has 8 heteroatoms. The van der Waals surface area contributed by atoms with Gasteiger partial charge in [0.2, 0.25) is 0 Å². The summed E-state index contributed by atoms with van der Waals surface area (Å²) in [5.74, 6) is -1.85. The Balaban J connectivity index is 1.93. The molecule has 0 fully saturated rings. The van der Waals surface area contributed by atoms with E-state index in [2.05, 4.69) is 10.6 Å². The third-order valence-corrected chi connectivity index (χ3v) is 4.00. The van der Waals surface area contributed by atoms with Crippen LogP contribution in [0.15, 0.2) is 42.5 Å². The maximum atomic E-state index is 12.5. The van der Waals surface area contributed by atoms with Crippen LogP contribution in [0, 0.1) is 13.8 Å². The molecule has 2 aromatic rings. The first kappa shape index (κ1) is 20.4. The minimum absolute atomic E-state index is 0.193. The number of halogens is 3. The van der Waals surface area contributed by atoms with Crippen LogP contribution in [0.3, 0.4) is 0 Å². The molecule has 0 heterocycles. The molecule has 0 radical (unpaired) electrons. The van der Waals surface area contributed by atoms with Crippen molar-refractivity contribution in [3.8, 4) is 0 Å². The van der Waals surface area contributed by atoms with Crippen LogP contribution in [0.5, 0.6) is 0 Å². The molecule has 0 saturated carbocycles. The molecular weight excluding hydrogens is 361 g/mol. The summed E-state index contributed by atoms with van der Waals surface area (Å²) < 4.78 is 37.6. The Kier molecular flexibility index (Phi) is 6.22. The van der Waals surface area contributed by atoms with Crippen LogP contribution in [0.1, 0.15) is 28.4 Å². The van der Waals surface area contributed by atoms with Crippen LogP contribution in [-0.4, -0.2) is 23.5 Å². The first-order chi connectivity index (χ1) is 12.6. The van der Waals surface area contributed by atoms with Gasteiger partial charge in [0.1, 0.15) is 0 Å². The first-order valence-electron chi connectivity index (χ1n) is 8.10. The lowest BCUT2D eigenvalue weighted by Gasteiger charge is -2.14. The number of alkyl halides is 3. The molecule has 3 N–H and O–H groups in total. The highest BCUT2D eigenvalue weighted by molar-refractivity contribution is 6.39. The van der Waals surface area contributed by atoms with E-state index in [-0.39, 0.29) is 12.1 Å². The predicted octanol–water partition coefficient (Wildman–Crippen LogP) is 3.11. The number of carbonyl (C=O) groups excluding carboxylic acids is 2. The zero-order valence-electron chi connectivity index (χ0n) is 14.7. The van der Waals surface area contributed by atoms with Gasteiger partial charge >= 0.3 is 18.0 Å². The van der Waals surface area contributed by atoms with Crippen LogP contribution in [0.2, 0.25) is 0 Å². The van der Waals surface area contributed by atoms with E-state index in [0.29, 0.717) is 5.69 Å². The summed E-state index contributed by atoms with van der Waals surface area (Å²) in [6, 6.07) is 9.32. The first-order valence-corrected chi connectivity index (χ1v) is 8.10. The average molecular weight is 380 g/mol. The summed E-state index contributed by atoms with van der Waals surface area (Å²) in [6.07, 6.45) is -5.71. The van der Waals surface area contributed by atoms with Gasteiger partial charge in [-0.25, -0.2) is 0 Å². The third kappa shape index (κ3) is 5.30. The lowest BCUT2D eigenvalue weighted by atomic mass is 10.1. The molecule has 0 spiro atoms. The molecular formula is C19H19F3N2O3. The number of aryl methyl sites for hydroxylation is 2. The van der Waals surface area contributed by atoms with Gasteiger partial charge in [-0.2, -0.15) is 13.2 Å². The van der Waals surface area contributed by atoms with Gasteiger partial charge in [-0.15, -0.1) is 0 Å². The van der Waals surface area contributed by atoms with Crippen molar-refractivity contribution in [3.05, 3.63) is 64.7 Å². The van der Waals surface area contributed by atoms with Crippen LogP contribution in [0.25, 0.3) is 0 Å².